The lowest BCUT2D eigenvalue weighted by atomic mass is 10.1. The minimum absolute atomic E-state index is 0.00976. The number of furan rings is 1. The molecule has 0 N–H and O–H groups in total. The summed E-state index contributed by atoms with van der Waals surface area (Å²) in [6, 6.07) is 8.44. The van der Waals surface area contributed by atoms with Crippen LogP contribution in [0.15, 0.2) is 41.0 Å². The molecule has 0 spiro atoms. The molecule has 2 aliphatic heterocycles. The highest BCUT2D eigenvalue weighted by Gasteiger charge is 2.27. The molecule has 1 aromatic heterocycles. The summed E-state index contributed by atoms with van der Waals surface area (Å²) < 4.78 is 16.7. The Balaban J connectivity index is 1.46. The van der Waals surface area contributed by atoms with Gasteiger partial charge in [0.15, 0.2) is 0 Å². The van der Waals surface area contributed by atoms with Crippen LogP contribution in [0.25, 0.3) is 0 Å². The summed E-state index contributed by atoms with van der Waals surface area (Å²) in [6.45, 7) is 5.90. The lowest BCUT2D eigenvalue weighted by Gasteiger charge is -2.30. The molecule has 196 valence electrons. The lowest BCUT2D eigenvalue weighted by Crippen LogP contribution is -2.46. The Labute approximate surface area is 222 Å². The zero-order valence-electron chi connectivity index (χ0n) is 20.4. The topological polar surface area (TPSA) is 75.5 Å². The third kappa shape index (κ3) is 7.70. The minimum atomic E-state index is -0.251. The molecule has 1 atom stereocenters. The molecule has 10 heteroatoms. The van der Waals surface area contributed by atoms with Gasteiger partial charge in [0.25, 0.3) is 5.91 Å². The molecule has 2 aromatic rings. The van der Waals surface area contributed by atoms with E-state index in [1.807, 2.05) is 6.07 Å². The maximum absolute atomic E-state index is 13.5. The van der Waals surface area contributed by atoms with E-state index in [0.29, 0.717) is 47.6 Å². The van der Waals surface area contributed by atoms with E-state index in [4.69, 9.17) is 37.1 Å². The molecule has 0 bridgehead atoms. The van der Waals surface area contributed by atoms with Crippen LogP contribution in [-0.2, 0) is 20.8 Å². The van der Waals surface area contributed by atoms with Crippen LogP contribution in [0.5, 0.6) is 0 Å². The fraction of sp³-hybridized carbons (Fsp3) is 0.538. The van der Waals surface area contributed by atoms with Crippen LogP contribution in [0, 0.1) is 0 Å². The number of carbonyl (C=O) groups excluding carboxylic acids is 2. The van der Waals surface area contributed by atoms with Crippen LogP contribution in [0.4, 0.5) is 0 Å². The molecular formula is C26H33Cl2N3O5. The summed E-state index contributed by atoms with van der Waals surface area (Å²) in [7, 11) is 0. The van der Waals surface area contributed by atoms with Crippen molar-refractivity contribution < 1.29 is 23.5 Å². The first kappa shape index (κ1) is 26.9. The van der Waals surface area contributed by atoms with Gasteiger partial charge in [0.05, 0.1) is 42.2 Å². The van der Waals surface area contributed by atoms with Crippen LogP contribution < -0.4 is 0 Å². The maximum atomic E-state index is 13.5. The zero-order valence-corrected chi connectivity index (χ0v) is 21.9. The number of ether oxygens (including phenoxy) is 2. The summed E-state index contributed by atoms with van der Waals surface area (Å²) in [5.74, 6) is 0.289. The van der Waals surface area contributed by atoms with Crippen molar-refractivity contribution in [2.24, 2.45) is 0 Å². The van der Waals surface area contributed by atoms with E-state index >= 15 is 0 Å². The molecule has 2 amide bonds. The standard InChI is InChI=1S/C26H33Cl2N3O5/c27-23-7-6-20(16-24(23)28)26(33)30(9-3-8-29-10-14-34-15-11-29)19-25(32)31(17-21-4-1-12-35-21)18-22-5-2-13-36-22/h1,4,6-7,12,16,22H,2-3,5,8-11,13-15,17-19H2. The van der Waals surface area contributed by atoms with Crippen LogP contribution in [0.2, 0.25) is 10.0 Å². The summed E-state index contributed by atoms with van der Waals surface area (Å²) in [5.41, 5.74) is 0.403. The van der Waals surface area contributed by atoms with E-state index in [9.17, 15) is 9.59 Å². The van der Waals surface area contributed by atoms with Crippen molar-refractivity contribution in [1.29, 1.82) is 0 Å². The van der Waals surface area contributed by atoms with Gasteiger partial charge in [0.1, 0.15) is 12.3 Å². The average Bonchev–Trinajstić information content (AvgIpc) is 3.59. The van der Waals surface area contributed by atoms with Crippen molar-refractivity contribution in [2.45, 2.75) is 31.9 Å². The SMILES string of the molecule is O=C(CN(CCCN1CCOCC1)C(=O)c1ccc(Cl)c(Cl)c1)N(Cc1ccco1)CC1CCCO1. The molecule has 1 aromatic carbocycles. The molecule has 1 unspecified atom stereocenters. The van der Waals surface area contributed by atoms with Gasteiger partial charge in [-0.2, -0.15) is 0 Å². The van der Waals surface area contributed by atoms with E-state index < -0.39 is 0 Å². The monoisotopic (exact) mass is 537 g/mol. The van der Waals surface area contributed by atoms with Gasteiger partial charge >= 0.3 is 0 Å². The van der Waals surface area contributed by atoms with Crippen LogP contribution in [0.1, 0.15) is 35.4 Å². The Morgan fingerprint density at radius 2 is 1.89 bits per heavy atom. The van der Waals surface area contributed by atoms with Gasteiger partial charge in [-0.3, -0.25) is 14.5 Å². The van der Waals surface area contributed by atoms with E-state index in [0.717, 1.165) is 52.1 Å². The quantitative estimate of drug-likeness (QED) is 0.431. The molecule has 2 saturated heterocycles. The molecular weight excluding hydrogens is 505 g/mol. The fourth-order valence-corrected chi connectivity index (χ4v) is 4.81. The Bertz CT molecular complexity index is 991. The Morgan fingerprint density at radius 1 is 1.06 bits per heavy atom. The molecule has 4 rings (SSSR count). The normalized spacial score (nSPS) is 18.3. The van der Waals surface area contributed by atoms with Crippen molar-refractivity contribution in [3.63, 3.8) is 0 Å². The predicted molar refractivity (Wildman–Crippen MR) is 137 cm³/mol. The third-order valence-corrected chi connectivity index (χ3v) is 7.25. The van der Waals surface area contributed by atoms with Gasteiger partial charge in [-0.25, -0.2) is 0 Å². The second-order valence-corrected chi connectivity index (χ2v) is 9.97. The van der Waals surface area contributed by atoms with Crippen molar-refractivity contribution in [3.8, 4) is 0 Å². The average molecular weight is 538 g/mol. The minimum Gasteiger partial charge on any atom is -0.467 e. The third-order valence-electron chi connectivity index (χ3n) is 6.51. The number of rotatable bonds is 11. The number of amides is 2. The molecule has 2 aliphatic rings. The van der Waals surface area contributed by atoms with E-state index in [-0.39, 0.29) is 24.5 Å². The van der Waals surface area contributed by atoms with Gasteiger partial charge in [0.2, 0.25) is 5.91 Å². The van der Waals surface area contributed by atoms with Gasteiger partial charge < -0.3 is 23.7 Å². The van der Waals surface area contributed by atoms with Crippen molar-refractivity contribution in [1.82, 2.24) is 14.7 Å². The first-order valence-corrected chi connectivity index (χ1v) is 13.2. The van der Waals surface area contributed by atoms with Gasteiger partial charge in [-0.1, -0.05) is 23.2 Å². The van der Waals surface area contributed by atoms with Crippen LogP contribution >= 0.6 is 23.2 Å². The van der Waals surface area contributed by atoms with E-state index in [1.54, 1.807) is 40.3 Å². The lowest BCUT2D eigenvalue weighted by molar-refractivity contribution is -0.134. The summed E-state index contributed by atoms with van der Waals surface area (Å²) in [4.78, 5) is 32.7. The molecule has 0 radical (unpaired) electrons. The molecule has 36 heavy (non-hydrogen) atoms. The van der Waals surface area contributed by atoms with E-state index in [2.05, 4.69) is 4.90 Å². The number of hydrogen-bond acceptors (Lipinski definition) is 6. The number of nitrogens with zero attached hydrogens (tertiary/aromatic N) is 3. The van der Waals surface area contributed by atoms with Crippen molar-refractivity contribution >= 4 is 35.0 Å². The number of halogens is 2. The Morgan fingerprint density at radius 3 is 2.58 bits per heavy atom. The summed E-state index contributed by atoms with van der Waals surface area (Å²) in [6.07, 6.45) is 4.22. The highest BCUT2D eigenvalue weighted by Crippen LogP contribution is 2.24. The Hall–Kier alpha value is -2.10. The molecule has 0 aliphatic carbocycles. The van der Waals surface area contributed by atoms with Gasteiger partial charge in [-0.15, -0.1) is 0 Å². The maximum Gasteiger partial charge on any atom is 0.254 e. The second kappa shape index (κ2) is 13.4. The van der Waals surface area contributed by atoms with Crippen molar-refractivity contribution in [3.05, 3.63) is 58.0 Å². The zero-order chi connectivity index (χ0) is 25.3. The smallest absolute Gasteiger partial charge is 0.254 e. The highest BCUT2D eigenvalue weighted by atomic mass is 35.5. The Kier molecular flexibility index (Phi) is 10.1. The number of carbonyl (C=O) groups is 2. The van der Waals surface area contributed by atoms with Gasteiger partial charge in [0, 0.05) is 44.9 Å². The largest absolute Gasteiger partial charge is 0.467 e. The predicted octanol–water partition coefficient (Wildman–Crippen LogP) is 3.96. The fourth-order valence-electron chi connectivity index (χ4n) is 4.52. The van der Waals surface area contributed by atoms with Crippen LogP contribution in [-0.4, -0.2) is 91.7 Å². The molecule has 0 saturated carbocycles. The second-order valence-electron chi connectivity index (χ2n) is 9.15. The highest BCUT2D eigenvalue weighted by molar-refractivity contribution is 6.42. The molecule has 3 heterocycles. The van der Waals surface area contributed by atoms with Crippen LogP contribution in [0.3, 0.4) is 0 Å². The number of benzene rings is 1. The molecule has 2 fully saturated rings. The number of morpholine rings is 1. The molecule has 8 nitrogen and oxygen atoms in total. The van der Waals surface area contributed by atoms with Gasteiger partial charge in [-0.05, 0) is 49.6 Å². The summed E-state index contributed by atoms with van der Waals surface area (Å²) in [5, 5.41) is 0.685. The first-order chi connectivity index (χ1) is 17.5. The van der Waals surface area contributed by atoms with Crippen molar-refractivity contribution in [2.75, 3.05) is 59.1 Å². The number of hydrogen-bond donors (Lipinski definition) is 0. The van der Waals surface area contributed by atoms with E-state index in [1.165, 1.54) is 0 Å². The first-order valence-electron chi connectivity index (χ1n) is 12.5. The summed E-state index contributed by atoms with van der Waals surface area (Å²) >= 11 is 12.2.